The number of aromatic nitrogens is 3. The van der Waals surface area contributed by atoms with Crippen molar-refractivity contribution in [1.29, 1.82) is 0 Å². The summed E-state index contributed by atoms with van der Waals surface area (Å²) in [6.45, 7) is 17.9. The highest BCUT2D eigenvalue weighted by atomic mass is 32.3. The number of ether oxygens (including phenoxy) is 4. The van der Waals surface area contributed by atoms with E-state index in [2.05, 4.69) is 25.1 Å². The zero-order chi connectivity index (χ0) is 51.5. The lowest BCUT2D eigenvalue weighted by Gasteiger charge is -2.50. The van der Waals surface area contributed by atoms with E-state index in [1.165, 1.54) is 24.1 Å². The largest absolute Gasteiger partial charge is 0.489 e. The van der Waals surface area contributed by atoms with Crippen molar-refractivity contribution < 1.29 is 74.1 Å². The summed E-state index contributed by atoms with van der Waals surface area (Å²) >= 11 is 0.877. The molecular weight excluding hydrogens is 950 g/mol. The second-order valence-corrected chi connectivity index (χ2v) is 21.7. The smallest absolute Gasteiger partial charge is 0.418 e. The number of hydrogen-bond acceptors (Lipinski definition) is 17. The number of esters is 1. The topological polar surface area (TPSA) is 286 Å². The number of halogens is 1. The Morgan fingerprint density at radius 3 is 2.19 bits per heavy atom. The Balaban J connectivity index is 1.36. The standard InChI is InChI=1S/C43H60FN9O14S2/c1-39(2,3)63-35(56)30(21-62-28-15-13-26(14-16-28)27-19-51(18-12-17-45)52(20-27)25-43(44)23-50(24-43)38(58)65-41(7,8)9)66-49-31(29-22-68-36(46-29)48-37(57)64-40(4,5)6)33(54)47-32-34(55)53(42(32,10)11)67-69(59,60)61/h13-16,19-20,22,30,32H,12,17-18,21,23-25,45H2,1-11H3,(H2-,46,47,48,54,57,59,60,61)/p+1/b49-31-. The molecule has 2 atom stereocenters. The minimum atomic E-state index is -5.10. The van der Waals surface area contributed by atoms with Gasteiger partial charge < -0.3 is 39.7 Å². The number of nitrogens with two attached hydrogens (primary N) is 1. The van der Waals surface area contributed by atoms with Crippen LogP contribution in [0.3, 0.4) is 0 Å². The average Bonchev–Trinajstić information content (AvgIpc) is 3.82. The van der Waals surface area contributed by atoms with Gasteiger partial charge in [0.2, 0.25) is 18.4 Å². The van der Waals surface area contributed by atoms with E-state index in [0.717, 1.165) is 22.5 Å². The third kappa shape index (κ3) is 15.0. The van der Waals surface area contributed by atoms with Gasteiger partial charge in [-0.05, 0) is 107 Å². The number of likely N-dealkylation sites (tertiary alicyclic amines) is 1. The van der Waals surface area contributed by atoms with E-state index in [4.69, 9.17) is 29.5 Å². The molecule has 2 unspecified atom stereocenters. The number of benzene rings is 1. The predicted molar refractivity (Wildman–Crippen MR) is 246 cm³/mol. The highest BCUT2D eigenvalue weighted by Crippen LogP contribution is 2.33. The fourth-order valence-corrected chi connectivity index (χ4v) is 7.85. The lowest BCUT2D eigenvalue weighted by molar-refractivity contribution is -0.785. The van der Waals surface area contributed by atoms with Gasteiger partial charge in [-0.25, -0.2) is 23.8 Å². The summed E-state index contributed by atoms with van der Waals surface area (Å²) < 4.78 is 78.1. The van der Waals surface area contributed by atoms with Crippen LogP contribution in [-0.2, 0) is 61.2 Å². The molecule has 2 aliphatic heterocycles. The number of amides is 4. The Morgan fingerprint density at radius 2 is 1.62 bits per heavy atom. The van der Waals surface area contributed by atoms with Gasteiger partial charge in [0, 0.05) is 5.38 Å². The number of nitrogens with zero attached hydrogens (tertiary/aromatic N) is 6. The average molecular weight is 1010 g/mol. The third-order valence-electron chi connectivity index (χ3n) is 9.76. The van der Waals surface area contributed by atoms with Crippen molar-refractivity contribution in [2.24, 2.45) is 10.9 Å². The molecular formula is C43H61FN9O14S2+. The summed E-state index contributed by atoms with van der Waals surface area (Å²) in [7, 11) is -5.10. The Morgan fingerprint density at radius 1 is 1.00 bits per heavy atom. The van der Waals surface area contributed by atoms with Gasteiger partial charge in [-0.2, -0.15) is 18.2 Å². The van der Waals surface area contributed by atoms with Gasteiger partial charge in [-0.1, -0.05) is 17.3 Å². The molecule has 0 radical (unpaired) electrons. The van der Waals surface area contributed by atoms with Gasteiger partial charge in [0.1, 0.15) is 40.9 Å². The number of oxime groups is 1. The molecule has 2 aromatic heterocycles. The van der Waals surface area contributed by atoms with Gasteiger partial charge in [-0.15, -0.1) is 20.3 Å². The van der Waals surface area contributed by atoms with E-state index < -0.39 is 92.8 Å². The Bertz CT molecular complexity index is 2520. The molecule has 1 aromatic carbocycles. The first-order valence-electron chi connectivity index (χ1n) is 21.7. The SMILES string of the molecule is CC(C)(C)OC(=O)Nc1nc(/C(=N/OC(COc2ccc(-c3cn(CCCN)[n+](CC4(F)CN(C(=O)OC(C)(C)C)C4)c3)cc2)C(=O)OC(C)(C)C)C(=O)NC2C(=O)N(OS(=O)(=O)O)C2(C)C)cs1. The molecule has 0 spiro atoms. The van der Waals surface area contributed by atoms with Crippen LogP contribution < -0.4 is 25.8 Å². The number of β-lactam (4-membered cyclic amide) rings is 1. The number of hydroxylamine groups is 2. The fourth-order valence-electron chi connectivity index (χ4n) is 6.71. The quantitative estimate of drug-likeness (QED) is 0.0267. The predicted octanol–water partition coefficient (Wildman–Crippen LogP) is 3.90. The minimum absolute atomic E-state index is 0.0239. The molecule has 26 heteroatoms. The molecule has 2 saturated heterocycles. The van der Waals surface area contributed by atoms with Gasteiger partial charge >= 0.3 is 28.6 Å². The maximum atomic E-state index is 15.9. The summed E-state index contributed by atoms with van der Waals surface area (Å²) in [6.07, 6.45) is 1.24. The van der Waals surface area contributed by atoms with Crippen LogP contribution in [0.2, 0.25) is 0 Å². The molecule has 5 N–H and O–H groups in total. The van der Waals surface area contributed by atoms with Crippen molar-refractivity contribution >= 4 is 62.5 Å². The summed E-state index contributed by atoms with van der Waals surface area (Å²) in [5.74, 6) is -2.78. The van der Waals surface area contributed by atoms with E-state index >= 15 is 4.39 Å². The number of rotatable bonds is 18. The van der Waals surface area contributed by atoms with E-state index in [9.17, 15) is 36.9 Å². The second-order valence-electron chi connectivity index (χ2n) is 19.9. The number of anilines is 1. The summed E-state index contributed by atoms with van der Waals surface area (Å²) in [5, 5.41) is 10.5. The highest BCUT2D eigenvalue weighted by molar-refractivity contribution is 7.80. The van der Waals surface area contributed by atoms with E-state index in [0.29, 0.717) is 24.6 Å². The van der Waals surface area contributed by atoms with Gasteiger partial charge in [-0.3, -0.25) is 19.5 Å². The van der Waals surface area contributed by atoms with Crippen LogP contribution in [0.1, 0.15) is 88.3 Å². The van der Waals surface area contributed by atoms with Crippen LogP contribution in [0.15, 0.2) is 47.2 Å². The van der Waals surface area contributed by atoms with Crippen LogP contribution in [0, 0.1) is 0 Å². The number of aryl methyl sites for hydroxylation is 1. The molecule has 0 aliphatic carbocycles. The molecule has 69 heavy (non-hydrogen) atoms. The molecule has 5 rings (SSSR count). The molecule has 2 aliphatic rings. The Hall–Kier alpha value is -5.96. The number of carbonyl (C=O) groups is 5. The molecule has 4 heterocycles. The maximum Gasteiger partial charge on any atom is 0.418 e. The molecule has 0 saturated carbocycles. The third-order valence-corrected chi connectivity index (χ3v) is 10.9. The van der Waals surface area contributed by atoms with Crippen molar-refractivity contribution in [2.45, 2.75) is 136 Å². The first kappa shape index (κ1) is 54.0. The van der Waals surface area contributed by atoms with Crippen LogP contribution in [-0.4, -0.2) is 135 Å². The van der Waals surface area contributed by atoms with Crippen LogP contribution in [0.25, 0.3) is 11.1 Å². The van der Waals surface area contributed by atoms with Gasteiger partial charge in [0.25, 0.3) is 17.9 Å². The number of carbonyl (C=O) groups excluding carboxylic acids is 5. The monoisotopic (exact) mass is 1010 g/mol. The van der Waals surface area contributed by atoms with Crippen molar-refractivity contribution in [3.8, 4) is 16.9 Å². The zero-order valence-electron chi connectivity index (χ0n) is 40.4. The zero-order valence-corrected chi connectivity index (χ0v) is 42.0. The molecule has 380 valence electrons. The molecule has 23 nitrogen and oxygen atoms in total. The highest BCUT2D eigenvalue weighted by Gasteiger charge is 2.58. The first-order valence-corrected chi connectivity index (χ1v) is 23.9. The number of thiazole rings is 1. The van der Waals surface area contributed by atoms with Crippen LogP contribution in [0.4, 0.5) is 19.1 Å². The normalized spacial score (nSPS) is 17.5. The molecule has 0 bridgehead atoms. The first-order chi connectivity index (χ1) is 31.7. The fraction of sp³-hybridized carbons (Fsp3) is 0.581. The minimum Gasteiger partial charge on any atom is -0.489 e. The van der Waals surface area contributed by atoms with Crippen molar-refractivity contribution in [3.63, 3.8) is 0 Å². The number of hydrogen-bond donors (Lipinski definition) is 4. The van der Waals surface area contributed by atoms with Crippen LogP contribution >= 0.6 is 11.3 Å². The number of nitrogens with one attached hydrogen (secondary N) is 2. The lowest BCUT2D eigenvalue weighted by Crippen LogP contribution is -2.76. The Labute approximate surface area is 403 Å². The number of alkyl halides is 1. The van der Waals surface area contributed by atoms with Crippen LogP contribution in [0.5, 0.6) is 5.75 Å². The van der Waals surface area contributed by atoms with Crippen molar-refractivity contribution in [1.82, 2.24) is 24.9 Å². The van der Waals surface area contributed by atoms with E-state index in [1.807, 2.05) is 10.9 Å². The second kappa shape index (κ2) is 20.6. The Kier molecular flexibility index (Phi) is 16.1. The maximum absolute atomic E-state index is 15.9. The summed E-state index contributed by atoms with van der Waals surface area (Å²) in [4.78, 5) is 76.7. The van der Waals surface area contributed by atoms with Gasteiger partial charge in [0.15, 0.2) is 10.8 Å². The summed E-state index contributed by atoms with van der Waals surface area (Å²) in [6, 6.07) is 5.35. The van der Waals surface area contributed by atoms with Gasteiger partial charge in [0.05, 0.1) is 36.9 Å². The lowest BCUT2D eigenvalue weighted by atomic mass is 9.84. The summed E-state index contributed by atoms with van der Waals surface area (Å²) in [5.41, 5.74) is 0.736. The van der Waals surface area contributed by atoms with E-state index in [1.54, 1.807) is 97.5 Å². The molecule has 4 amide bonds. The van der Waals surface area contributed by atoms with Crippen molar-refractivity contribution in [3.05, 3.63) is 47.7 Å². The van der Waals surface area contributed by atoms with E-state index in [-0.39, 0.29) is 36.2 Å². The molecule has 2 fully saturated rings. The molecule has 3 aromatic rings. The van der Waals surface area contributed by atoms with Crippen molar-refractivity contribution in [2.75, 3.05) is 31.6 Å².